The lowest BCUT2D eigenvalue weighted by molar-refractivity contribution is 0.585. The summed E-state index contributed by atoms with van der Waals surface area (Å²) in [6.45, 7) is 2.80. The number of sulfone groups is 1. The third-order valence-electron chi connectivity index (χ3n) is 2.22. The lowest BCUT2D eigenvalue weighted by Gasteiger charge is -2.07. The van der Waals surface area contributed by atoms with Crippen molar-refractivity contribution < 1.29 is 8.42 Å². The van der Waals surface area contributed by atoms with E-state index in [4.69, 9.17) is 0 Å². The van der Waals surface area contributed by atoms with E-state index in [-0.39, 0.29) is 11.5 Å². The van der Waals surface area contributed by atoms with E-state index in [0.29, 0.717) is 13.1 Å². The molecule has 5 nitrogen and oxygen atoms in total. The highest BCUT2D eigenvalue weighted by molar-refractivity contribution is 7.91. The van der Waals surface area contributed by atoms with Gasteiger partial charge in [0, 0.05) is 24.7 Å². The molecule has 0 saturated carbocycles. The van der Waals surface area contributed by atoms with Crippen molar-refractivity contribution in [2.75, 3.05) is 18.6 Å². The highest BCUT2D eigenvalue weighted by Crippen LogP contribution is 1.99. The van der Waals surface area contributed by atoms with Crippen LogP contribution < -0.4 is 5.32 Å². The van der Waals surface area contributed by atoms with E-state index in [0.717, 1.165) is 5.82 Å². The Balaban J connectivity index is 2.61. The highest BCUT2D eigenvalue weighted by atomic mass is 32.2. The SMILES string of the molecule is CCS(=O)(=O)CCn1ccnc1CNC. The quantitative estimate of drug-likeness (QED) is 0.750. The average molecular weight is 231 g/mol. The van der Waals surface area contributed by atoms with Crippen molar-refractivity contribution in [2.24, 2.45) is 0 Å². The average Bonchev–Trinajstić information content (AvgIpc) is 2.64. The van der Waals surface area contributed by atoms with Gasteiger partial charge in [-0.05, 0) is 7.05 Å². The fourth-order valence-electron chi connectivity index (χ4n) is 1.25. The number of aryl methyl sites for hydroxylation is 1. The number of hydrogen-bond donors (Lipinski definition) is 1. The van der Waals surface area contributed by atoms with Gasteiger partial charge in [0.05, 0.1) is 12.3 Å². The van der Waals surface area contributed by atoms with Crippen LogP contribution in [0.25, 0.3) is 0 Å². The molecule has 0 fully saturated rings. The summed E-state index contributed by atoms with van der Waals surface area (Å²) >= 11 is 0. The fourth-order valence-corrected chi connectivity index (χ4v) is 2.01. The highest BCUT2D eigenvalue weighted by Gasteiger charge is 2.09. The van der Waals surface area contributed by atoms with Gasteiger partial charge in [0.15, 0.2) is 9.84 Å². The summed E-state index contributed by atoms with van der Waals surface area (Å²) in [5.74, 6) is 1.24. The molecule has 0 amide bonds. The summed E-state index contributed by atoms with van der Waals surface area (Å²) < 4.78 is 24.5. The molecule has 0 aliphatic rings. The van der Waals surface area contributed by atoms with Gasteiger partial charge in [-0.15, -0.1) is 0 Å². The molecule has 0 spiro atoms. The van der Waals surface area contributed by atoms with E-state index in [9.17, 15) is 8.42 Å². The maximum Gasteiger partial charge on any atom is 0.151 e. The molecule has 1 aromatic rings. The second-order valence-electron chi connectivity index (χ2n) is 3.30. The molecule has 0 unspecified atom stereocenters. The van der Waals surface area contributed by atoms with Crippen LogP contribution in [0.5, 0.6) is 0 Å². The standard InChI is InChI=1S/C9H17N3O2S/c1-3-15(13,14)7-6-12-5-4-11-9(12)8-10-2/h4-5,10H,3,6-8H2,1-2H3. The molecule has 86 valence electrons. The van der Waals surface area contributed by atoms with Gasteiger partial charge in [0.1, 0.15) is 5.82 Å². The number of hydrogen-bond acceptors (Lipinski definition) is 4. The molecular weight excluding hydrogens is 214 g/mol. The van der Waals surface area contributed by atoms with Crippen molar-refractivity contribution in [2.45, 2.75) is 20.0 Å². The predicted molar refractivity (Wildman–Crippen MR) is 59.3 cm³/mol. The molecule has 0 aromatic carbocycles. The monoisotopic (exact) mass is 231 g/mol. The van der Waals surface area contributed by atoms with Crippen LogP contribution >= 0.6 is 0 Å². The lowest BCUT2D eigenvalue weighted by Crippen LogP contribution is -2.18. The zero-order valence-corrected chi connectivity index (χ0v) is 9.92. The number of nitrogens with one attached hydrogen (secondary N) is 1. The van der Waals surface area contributed by atoms with E-state index < -0.39 is 9.84 Å². The van der Waals surface area contributed by atoms with Crippen LogP contribution in [-0.4, -0.2) is 36.5 Å². The molecule has 15 heavy (non-hydrogen) atoms. The Hall–Kier alpha value is -0.880. The van der Waals surface area contributed by atoms with Crippen molar-refractivity contribution in [1.29, 1.82) is 0 Å². The van der Waals surface area contributed by atoms with Gasteiger partial charge in [-0.2, -0.15) is 0 Å². The molecule has 1 N–H and O–H groups in total. The molecule has 6 heteroatoms. The van der Waals surface area contributed by atoms with Gasteiger partial charge in [0.2, 0.25) is 0 Å². The molecular formula is C9H17N3O2S. The molecule has 1 rings (SSSR count). The molecule has 0 aliphatic heterocycles. The minimum Gasteiger partial charge on any atom is -0.333 e. The van der Waals surface area contributed by atoms with E-state index >= 15 is 0 Å². The Kier molecular flexibility index (Phi) is 4.28. The van der Waals surface area contributed by atoms with E-state index in [1.807, 2.05) is 11.6 Å². The Morgan fingerprint density at radius 1 is 1.53 bits per heavy atom. The van der Waals surface area contributed by atoms with E-state index in [1.165, 1.54) is 0 Å². The Labute approximate surface area is 90.4 Å². The minimum atomic E-state index is -2.90. The molecule has 0 saturated heterocycles. The van der Waals surface area contributed by atoms with Crippen LogP contribution in [0, 0.1) is 0 Å². The van der Waals surface area contributed by atoms with E-state index in [2.05, 4.69) is 10.3 Å². The van der Waals surface area contributed by atoms with Crippen molar-refractivity contribution >= 4 is 9.84 Å². The first-order valence-electron chi connectivity index (χ1n) is 4.94. The fraction of sp³-hybridized carbons (Fsp3) is 0.667. The Morgan fingerprint density at radius 3 is 2.87 bits per heavy atom. The topological polar surface area (TPSA) is 64.0 Å². The first-order chi connectivity index (χ1) is 7.09. The normalized spacial score (nSPS) is 11.9. The molecule has 0 aliphatic carbocycles. The summed E-state index contributed by atoms with van der Waals surface area (Å²) in [5.41, 5.74) is 0. The van der Waals surface area contributed by atoms with Gasteiger partial charge in [-0.1, -0.05) is 6.92 Å². The van der Waals surface area contributed by atoms with Gasteiger partial charge < -0.3 is 9.88 Å². The third kappa shape index (κ3) is 3.64. The Bertz CT molecular complexity index is 397. The first kappa shape index (κ1) is 12.2. The zero-order chi connectivity index (χ0) is 11.3. The maximum atomic E-state index is 11.3. The second-order valence-corrected chi connectivity index (χ2v) is 5.78. The predicted octanol–water partition coefficient (Wildman–Crippen LogP) is 0.0372. The van der Waals surface area contributed by atoms with Gasteiger partial charge in [-0.25, -0.2) is 13.4 Å². The van der Waals surface area contributed by atoms with Crippen molar-refractivity contribution in [3.8, 4) is 0 Å². The summed E-state index contributed by atoms with van der Waals surface area (Å²) in [6.07, 6.45) is 3.49. The smallest absolute Gasteiger partial charge is 0.151 e. The summed E-state index contributed by atoms with van der Waals surface area (Å²) in [6, 6.07) is 0. The number of imidazole rings is 1. The molecule has 1 heterocycles. The van der Waals surface area contributed by atoms with Crippen LogP contribution in [0.4, 0.5) is 0 Å². The number of aromatic nitrogens is 2. The molecule has 0 radical (unpaired) electrons. The van der Waals surface area contributed by atoms with Crippen LogP contribution in [0.15, 0.2) is 12.4 Å². The van der Waals surface area contributed by atoms with Gasteiger partial charge in [-0.3, -0.25) is 0 Å². The summed E-state index contributed by atoms with van der Waals surface area (Å²) in [4.78, 5) is 4.14. The van der Waals surface area contributed by atoms with Crippen LogP contribution in [0.3, 0.4) is 0 Å². The third-order valence-corrected chi connectivity index (χ3v) is 3.90. The maximum absolute atomic E-state index is 11.3. The van der Waals surface area contributed by atoms with Crippen LogP contribution in [0.1, 0.15) is 12.7 Å². The van der Waals surface area contributed by atoms with Crippen molar-refractivity contribution in [3.63, 3.8) is 0 Å². The zero-order valence-electron chi connectivity index (χ0n) is 9.10. The first-order valence-corrected chi connectivity index (χ1v) is 6.76. The largest absolute Gasteiger partial charge is 0.333 e. The minimum absolute atomic E-state index is 0.177. The number of nitrogens with zero attached hydrogens (tertiary/aromatic N) is 2. The molecule has 0 atom stereocenters. The van der Waals surface area contributed by atoms with Crippen LogP contribution in [0.2, 0.25) is 0 Å². The van der Waals surface area contributed by atoms with Crippen molar-refractivity contribution in [1.82, 2.24) is 14.9 Å². The summed E-state index contributed by atoms with van der Waals surface area (Å²) in [5, 5.41) is 2.99. The van der Waals surface area contributed by atoms with Crippen molar-refractivity contribution in [3.05, 3.63) is 18.2 Å². The Morgan fingerprint density at radius 2 is 2.27 bits per heavy atom. The van der Waals surface area contributed by atoms with E-state index in [1.54, 1.807) is 19.3 Å². The lowest BCUT2D eigenvalue weighted by atomic mass is 10.5. The second kappa shape index (κ2) is 5.27. The number of rotatable bonds is 6. The van der Waals surface area contributed by atoms with Gasteiger partial charge >= 0.3 is 0 Å². The van der Waals surface area contributed by atoms with Gasteiger partial charge in [0.25, 0.3) is 0 Å². The molecule has 0 bridgehead atoms. The molecule has 1 aromatic heterocycles. The summed E-state index contributed by atoms with van der Waals surface area (Å²) in [7, 11) is -1.06. The van der Waals surface area contributed by atoms with Crippen LogP contribution in [-0.2, 0) is 22.9 Å².